The Kier molecular flexibility index (Phi) is 2.29. The van der Waals surface area contributed by atoms with Gasteiger partial charge in [0.15, 0.2) is 0 Å². The van der Waals surface area contributed by atoms with E-state index in [0.717, 1.165) is 37.3 Å². The first kappa shape index (κ1) is 11.8. The Hall–Kier alpha value is -0.830. The van der Waals surface area contributed by atoms with Crippen molar-refractivity contribution in [3.63, 3.8) is 0 Å². The smallest absolute Gasteiger partial charge is 0.0685 e. The van der Waals surface area contributed by atoms with Gasteiger partial charge in [-0.25, -0.2) is 0 Å². The monoisotopic (exact) mass is 271 g/mol. The summed E-state index contributed by atoms with van der Waals surface area (Å²) in [4.78, 5) is 0. The zero-order valence-corrected chi connectivity index (χ0v) is 12.5. The molecule has 4 fully saturated rings. The molecule has 0 aromatic carbocycles. The van der Waals surface area contributed by atoms with Crippen LogP contribution in [0.3, 0.4) is 0 Å². The third kappa shape index (κ3) is 1.47. The maximum atomic E-state index is 5.12. The second-order valence-corrected chi connectivity index (χ2v) is 7.99. The highest BCUT2D eigenvalue weighted by atomic mass is 15.3. The summed E-state index contributed by atoms with van der Waals surface area (Å²) in [5.41, 5.74) is 4.76. The lowest BCUT2D eigenvalue weighted by molar-refractivity contribution is -0.0505. The molecule has 0 spiro atoms. The largest absolute Gasteiger partial charge is 0.312 e. The van der Waals surface area contributed by atoms with E-state index in [9.17, 15) is 0 Å². The van der Waals surface area contributed by atoms with Crippen LogP contribution >= 0.6 is 0 Å². The average Bonchev–Trinajstić information content (AvgIpc) is 2.76. The Labute approximate surface area is 121 Å². The number of nitrogens with zero attached hydrogens (tertiary/aromatic N) is 2. The minimum absolute atomic E-state index is 0.399. The van der Waals surface area contributed by atoms with E-state index in [0.29, 0.717) is 5.54 Å². The summed E-state index contributed by atoms with van der Waals surface area (Å²) >= 11 is 0. The van der Waals surface area contributed by atoms with Crippen LogP contribution in [0.15, 0.2) is 0 Å². The van der Waals surface area contributed by atoms with E-state index in [1.807, 2.05) is 0 Å². The Balaban J connectivity index is 1.61. The first-order valence-electron chi connectivity index (χ1n) is 8.52. The predicted octanol–water partition coefficient (Wildman–Crippen LogP) is 2.76. The predicted molar refractivity (Wildman–Crippen MR) is 78.5 cm³/mol. The molecular formula is C17H25N3. The number of nitrogens with one attached hydrogen (secondary N) is 1. The standard InChI is InChI=1S/C17H25N3/c1-11-15-10-18-3-2-16(15)19-20(11)17-7-12-4-13(8-17)6-14(5-12)9-17/h12-14,18H,2-10H2,1H3. The average molecular weight is 271 g/mol. The molecule has 2 heterocycles. The Morgan fingerprint density at radius 1 is 1.10 bits per heavy atom. The third-order valence-corrected chi connectivity index (χ3v) is 6.62. The van der Waals surface area contributed by atoms with E-state index in [1.54, 1.807) is 0 Å². The van der Waals surface area contributed by atoms with Crippen molar-refractivity contribution in [2.45, 2.75) is 64.0 Å². The lowest BCUT2D eigenvalue weighted by atomic mass is 9.53. The van der Waals surface area contributed by atoms with Crippen molar-refractivity contribution >= 4 is 0 Å². The second-order valence-electron chi connectivity index (χ2n) is 7.99. The van der Waals surface area contributed by atoms with E-state index in [-0.39, 0.29) is 0 Å². The lowest BCUT2D eigenvalue weighted by Crippen LogP contribution is -2.52. The number of aromatic nitrogens is 2. The highest BCUT2D eigenvalue weighted by Gasteiger charge is 2.53. The maximum Gasteiger partial charge on any atom is 0.0685 e. The van der Waals surface area contributed by atoms with E-state index >= 15 is 0 Å². The van der Waals surface area contributed by atoms with Crippen LogP contribution in [0.5, 0.6) is 0 Å². The highest BCUT2D eigenvalue weighted by molar-refractivity contribution is 5.29. The van der Waals surface area contributed by atoms with Gasteiger partial charge in [0.2, 0.25) is 0 Å². The second kappa shape index (κ2) is 3.88. The van der Waals surface area contributed by atoms with Crippen LogP contribution in [0.25, 0.3) is 0 Å². The van der Waals surface area contributed by atoms with Gasteiger partial charge in [0, 0.05) is 30.8 Å². The SMILES string of the molecule is Cc1c2c(nn1C13CC4CC(CC(C4)C1)C3)CCNC2. The minimum atomic E-state index is 0.399. The zero-order valence-electron chi connectivity index (χ0n) is 12.5. The van der Waals surface area contributed by atoms with Gasteiger partial charge in [0.1, 0.15) is 0 Å². The summed E-state index contributed by atoms with van der Waals surface area (Å²) in [6.45, 7) is 4.45. The topological polar surface area (TPSA) is 29.9 Å². The third-order valence-electron chi connectivity index (χ3n) is 6.62. The first-order valence-corrected chi connectivity index (χ1v) is 8.52. The highest BCUT2D eigenvalue weighted by Crippen LogP contribution is 2.59. The van der Waals surface area contributed by atoms with Gasteiger partial charge in [-0.2, -0.15) is 5.10 Å². The molecule has 1 aromatic rings. The summed E-state index contributed by atoms with van der Waals surface area (Å²) in [5, 5.41) is 8.63. The molecule has 4 saturated carbocycles. The van der Waals surface area contributed by atoms with Crippen LogP contribution in [0.2, 0.25) is 0 Å². The maximum absolute atomic E-state index is 5.12. The van der Waals surface area contributed by atoms with Gasteiger partial charge in [-0.05, 0) is 63.2 Å². The number of fused-ring (bicyclic) bond motifs is 1. The lowest BCUT2D eigenvalue weighted by Gasteiger charge is -2.57. The van der Waals surface area contributed by atoms with Crippen LogP contribution in [0, 0.1) is 24.7 Å². The van der Waals surface area contributed by atoms with Gasteiger partial charge in [-0.3, -0.25) is 4.68 Å². The molecule has 108 valence electrons. The molecular weight excluding hydrogens is 246 g/mol. The Bertz CT molecular complexity index is 522. The van der Waals surface area contributed by atoms with Gasteiger partial charge < -0.3 is 5.32 Å². The van der Waals surface area contributed by atoms with Crippen LogP contribution < -0.4 is 5.32 Å². The molecule has 1 N–H and O–H groups in total. The molecule has 6 rings (SSSR count). The molecule has 1 aromatic heterocycles. The summed E-state index contributed by atoms with van der Waals surface area (Å²) in [6.07, 6.45) is 9.90. The summed E-state index contributed by atoms with van der Waals surface area (Å²) in [5.74, 6) is 3.00. The van der Waals surface area contributed by atoms with Crippen LogP contribution in [-0.4, -0.2) is 16.3 Å². The molecule has 3 nitrogen and oxygen atoms in total. The molecule has 0 radical (unpaired) electrons. The molecule has 20 heavy (non-hydrogen) atoms. The molecule has 1 aliphatic heterocycles. The van der Waals surface area contributed by atoms with E-state index in [1.165, 1.54) is 55.5 Å². The normalized spacial score (nSPS) is 42.0. The molecule has 0 amide bonds. The Morgan fingerprint density at radius 3 is 2.35 bits per heavy atom. The van der Waals surface area contributed by atoms with Gasteiger partial charge in [-0.1, -0.05) is 0 Å². The fourth-order valence-corrected chi connectivity index (χ4v) is 6.23. The fraction of sp³-hybridized carbons (Fsp3) is 0.824. The van der Waals surface area contributed by atoms with Crippen molar-refractivity contribution < 1.29 is 0 Å². The van der Waals surface area contributed by atoms with Crippen molar-refractivity contribution in [2.75, 3.05) is 6.54 Å². The quantitative estimate of drug-likeness (QED) is 0.851. The van der Waals surface area contributed by atoms with Gasteiger partial charge in [-0.15, -0.1) is 0 Å². The number of hydrogen-bond donors (Lipinski definition) is 1. The van der Waals surface area contributed by atoms with Gasteiger partial charge in [0.25, 0.3) is 0 Å². The summed E-state index contributed by atoms with van der Waals surface area (Å²) in [7, 11) is 0. The van der Waals surface area contributed by atoms with Gasteiger partial charge >= 0.3 is 0 Å². The minimum Gasteiger partial charge on any atom is -0.312 e. The molecule has 5 aliphatic rings. The molecule has 0 unspecified atom stereocenters. The Morgan fingerprint density at radius 2 is 1.75 bits per heavy atom. The fourth-order valence-electron chi connectivity index (χ4n) is 6.23. The van der Waals surface area contributed by atoms with Crippen molar-refractivity contribution in [1.82, 2.24) is 15.1 Å². The zero-order chi connectivity index (χ0) is 13.3. The molecule has 0 saturated heterocycles. The van der Waals surface area contributed by atoms with Crippen molar-refractivity contribution in [3.8, 4) is 0 Å². The van der Waals surface area contributed by atoms with Crippen molar-refractivity contribution in [3.05, 3.63) is 17.0 Å². The molecule has 3 heteroatoms. The van der Waals surface area contributed by atoms with Crippen LogP contribution in [0.1, 0.15) is 55.5 Å². The number of hydrogen-bond acceptors (Lipinski definition) is 2. The summed E-state index contributed by atoms with van der Waals surface area (Å²) < 4.78 is 2.51. The number of rotatable bonds is 1. The van der Waals surface area contributed by atoms with Crippen LogP contribution in [-0.2, 0) is 18.5 Å². The van der Waals surface area contributed by atoms with Crippen molar-refractivity contribution in [2.24, 2.45) is 17.8 Å². The van der Waals surface area contributed by atoms with E-state index in [4.69, 9.17) is 5.10 Å². The van der Waals surface area contributed by atoms with Crippen molar-refractivity contribution in [1.29, 1.82) is 0 Å². The first-order chi connectivity index (χ1) is 9.73. The van der Waals surface area contributed by atoms with Gasteiger partial charge in [0.05, 0.1) is 11.2 Å². The van der Waals surface area contributed by atoms with E-state index in [2.05, 4.69) is 16.9 Å². The molecule has 4 aliphatic carbocycles. The molecule has 4 bridgehead atoms. The molecule has 0 atom stereocenters. The summed E-state index contributed by atoms with van der Waals surface area (Å²) in [6, 6.07) is 0. The van der Waals surface area contributed by atoms with Crippen LogP contribution in [0.4, 0.5) is 0 Å². The van der Waals surface area contributed by atoms with E-state index < -0.39 is 0 Å².